The first-order valence-electron chi connectivity index (χ1n) is 10.8. The van der Waals surface area contributed by atoms with Gasteiger partial charge in [-0.15, -0.1) is 0 Å². The van der Waals surface area contributed by atoms with Crippen LogP contribution < -0.4 is 10.6 Å². The summed E-state index contributed by atoms with van der Waals surface area (Å²) in [5.41, 5.74) is 1.20. The number of carbonyl (C=O) groups is 2. The maximum atomic E-state index is 12.5. The Kier molecular flexibility index (Phi) is 5.94. The predicted molar refractivity (Wildman–Crippen MR) is 111 cm³/mol. The lowest BCUT2D eigenvalue weighted by molar-refractivity contribution is -0.114. The van der Waals surface area contributed by atoms with E-state index in [0.29, 0.717) is 44.4 Å². The van der Waals surface area contributed by atoms with Gasteiger partial charge in [-0.05, 0) is 33.2 Å². The third-order valence-electron chi connectivity index (χ3n) is 5.92. The van der Waals surface area contributed by atoms with Crippen LogP contribution in [0, 0.1) is 0 Å². The number of rotatable bonds is 7. The van der Waals surface area contributed by atoms with Gasteiger partial charge in [-0.25, -0.2) is 4.79 Å². The molecule has 1 aromatic heterocycles. The number of hydrogen-bond donors (Lipinski definition) is 2. The molecular formula is C20H31N7O3. The van der Waals surface area contributed by atoms with Crippen molar-refractivity contribution < 1.29 is 14.4 Å². The third-order valence-corrected chi connectivity index (χ3v) is 5.92. The molecule has 3 aliphatic rings. The quantitative estimate of drug-likeness (QED) is 0.680. The Bertz CT molecular complexity index is 821. The molecule has 1 unspecified atom stereocenters. The molecule has 0 aliphatic carbocycles. The minimum Gasteiger partial charge on any atom is -0.387 e. The SMILES string of the molecule is CC(C)n1cc(CN2CCCC3(CC(C(=O)NCCN4CCNC4=O)=NO3)C2)cn1. The number of urea groups is 1. The molecule has 10 heteroatoms. The summed E-state index contributed by atoms with van der Waals surface area (Å²) >= 11 is 0. The lowest BCUT2D eigenvalue weighted by Crippen LogP contribution is -2.48. The van der Waals surface area contributed by atoms with E-state index >= 15 is 0 Å². The molecule has 3 amide bonds. The van der Waals surface area contributed by atoms with E-state index in [0.717, 1.165) is 32.5 Å². The third kappa shape index (κ3) is 4.58. The van der Waals surface area contributed by atoms with Gasteiger partial charge in [-0.3, -0.25) is 14.4 Å². The lowest BCUT2D eigenvalue weighted by Gasteiger charge is -2.38. The molecule has 1 spiro atoms. The van der Waals surface area contributed by atoms with Crippen LogP contribution in [0.1, 0.15) is 44.7 Å². The Labute approximate surface area is 176 Å². The Balaban J connectivity index is 1.26. The van der Waals surface area contributed by atoms with Gasteiger partial charge in [0, 0.05) is 63.5 Å². The molecule has 164 valence electrons. The summed E-state index contributed by atoms with van der Waals surface area (Å²) in [5.74, 6) is -0.207. The van der Waals surface area contributed by atoms with Gasteiger partial charge in [0.15, 0.2) is 5.60 Å². The van der Waals surface area contributed by atoms with Gasteiger partial charge in [0.1, 0.15) is 5.71 Å². The molecule has 0 bridgehead atoms. The lowest BCUT2D eigenvalue weighted by atomic mass is 9.88. The average molecular weight is 418 g/mol. The van der Waals surface area contributed by atoms with Crippen molar-refractivity contribution in [2.75, 3.05) is 39.3 Å². The first-order chi connectivity index (χ1) is 14.4. The highest BCUT2D eigenvalue weighted by atomic mass is 16.7. The zero-order chi connectivity index (χ0) is 21.1. The molecule has 10 nitrogen and oxygen atoms in total. The summed E-state index contributed by atoms with van der Waals surface area (Å²) in [4.78, 5) is 33.9. The van der Waals surface area contributed by atoms with E-state index in [2.05, 4.69) is 45.8 Å². The molecule has 1 atom stereocenters. The predicted octanol–water partition coefficient (Wildman–Crippen LogP) is 0.716. The van der Waals surface area contributed by atoms with E-state index in [9.17, 15) is 9.59 Å². The van der Waals surface area contributed by atoms with Crippen molar-refractivity contribution in [1.29, 1.82) is 0 Å². The first kappa shape index (κ1) is 20.6. The average Bonchev–Trinajstić information content (AvgIpc) is 3.43. The second-order valence-corrected chi connectivity index (χ2v) is 8.70. The van der Waals surface area contributed by atoms with Crippen molar-refractivity contribution in [3.05, 3.63) is 18.0 Å². The van der Waals surface area contributed by atoms with Crippen molar-refractivity contribution in [3.63, 3.8) is 0 Å². The standard InChI is InChI=1S/C20H31N7O3/c1-15(2)27-13-16(11-23-27)12-25-7-3-4-20(14-25)10-17(24-30-20)18(28)21-5-8-26-9-6-22-19(26)29/h11,13,15H,3-10,12,14H2,1-2H3,(H,21,28)(H,22,29). The largest absolute Gasteiger partial charge is 0.387 e. The van der Waals surface area contributed by atoms with Gasteiger partial charge in [0.2, 0.25) is 0 Å². The number of nitrogens with one attached hydrogen (secondary N) is 2. The maximum absolute atomic E-state index is 12.5. The molecule has 2 N–H and O–H groups in total. The highest BCUT2D eigenvalue weighted by Crippen LogP contribution is 2.34. The molecule has 3 aliphatic heterocycles. The maximum Gasteiger partial charge on any atom is 0.317 e. The van der Waals surface area contributed by atoms with E-state index in [1.165, 1.54) is 5.56 Å². The van der Waals surface area contributed by atoms with E-state index in [1.54, 1.807) is 4.90 Å². The topological polar surface area (TPSA) is 104 Å². The summed E-state index contributed by atoms with van der Waals surface area (Å²) in [7, 11) is 0. The molecule has 4 heterocycles. The van der Waals surface area contributed by atoms with Crippen molar-refractivity contribution in [2.24, 2.45) is 5.16 Å². The number of hydrogen-bond acceptors (Lipinski definition) is 6. The number of oxime groups is 1. The second-order valence-electron chi connectivity index (χ2n) is 8.70. The number of carbonyl (C=O) groups excluding carboxylic acids is 2. The van der Waals surface area contributed by atoms with Crippen LogP contribution in [0.5, 0.6) is 0 Å². The minimum atomic E-state index is -0.423. The Morgan fingerprint density at radius 1 is 1.40 bits per heavy atom. The summed E-state index contributed by atoms with van der Waals surface area (Å²) in [6.07, 6.45) is 6.44. The van der Waals surface area contributed by atoms with Gasteiger partial charge in [-0.2, -0.15) is 5.10 Å². The fraction of sp³-hybridized carbons (Fsp3) is 0.700. The Hall–Kier alpha value is -2.62. The summed E-state index contributed by atoms with van der Waals surface area (Å²) < 4.78 is 1.97. The van der Waals surface area contributed by atoms with Crippen LogP contribution in [-0.2, 0) is 16.2 Å². The van der Waals surface area contributed by atoms with Crippen LogP contribution >= 0.6 is 0 Å². The molecule has 0 saturated carbocycles. The van der Waals surface area contributed by atoms with Gasteiger partial charge in [-0.1, -0.05) is 5.16 Å². The molecule has 2 saturated heterocycles. The number of likely N-dealkylation sites (tertiary alicyclic amines) is 1. The van der Waals surface area contributed by atoms with Crippen molar-refractivity contribution >= 4 is 17.6 Å². The molecular weight excluding hydrogens is 386 g/mol. The molecule has 0 radical (unpaired) electrons. The first-order valence-corrected chi connectivity index (χ1v) is 10.8. The zero-order valence-corrected chi connectivity index (χ0v) is 17.8. The number of nitrogens with zero attached hydrogens (tertiary/aromatic N) is 5. The molecule has 2 fully saturated rings. The van der Waals surface area contributed by atoms with Gasteiger partial charge >= 0.3 is 6.03 Å². The van der Waals surface area contributed by atoms with E-state index in [4.69, 9.17) is 4.84 Å². The molecule has 1 aromatic rings. The zero-order valence-electron chi connectivity index (χ0n) is 17.8. The monoisotopic (exact) mass is 417 g/mol. The normalized spacial score (nSPS) is 24.3. The summed E-state index contributed by atoms with van der Waals surface area (Å²) in [5, 5.41) is 14.2. The van der Waals surface area contributed by atoms with Crippen LogP contribution in [0.3, 0.4) is 0 Å². The highest BCUT2D eigenvalue weighted by Gasteiger charge is 2.44. The van der Waals surface area contributed by atoms with Gasteiger partial charge in [0.25, 0.3) is 5.91 Å². The number of aromatic nitrogens is 2. The van der Waals surface area contributed by atoms with Crippen LogP contribution in [0.15, 0.2) is 17.5 Å². The molecule has 30 heavy (non-hydrogen) atoms. The Morgan fingerprint density at radius 3 is 3.00 bits per heavy atom. The fourth-order valence-electron chi connectivity index (χ4n) is 4.32. The number of amides is 3. The summed E-state index contributed by atoms with van der Waals surface area (Å²) in [6, 6.07) is 0.268. The molecule has 0 aromatic carbocycles. The smallest absolute Gasteiger partial charge is 0.317 e. The Morgan fingerprint density at radius 2 is 2.27 bits per heavy atom. The summed E-state index contributed by atoms with van der Waals surface area (Å²) in [6.45, 7) is 9.02. The van der Waals surface area contributed by atoms with Crippen molar-refractivity contribution in [1.82, 2.24) is 30.2 Å². The second kappa shape index (κ2) is 8.63. The molecule has 4 rings (SSSR count). The van der Waals surface area contributed by atoms with Crippen molar-refractivity contribution in [2.45, 2.75) is 51.3 Å². The van der Waals surface area contributed by atoms with E-state index in [-0.39, 0.29) is 11.9 Å². The highest BCUT2D eigenvalue weighted by molar-refractivity contribution is 6.39. The van der Waals surface area contributed by atoms with Crippen LogP contribution in [0.2, 0.25) is 0 Å². The van der Waals surface area contributed by atoms with Gasteiger partial charge in [0.05, 0.1) is 6.20 Å². The van der Waals surface area contributed by atoms with Crippen LogP contribution in [-0.4, -0.2) is 82.1 Å². The fourth-order valence-corrected chi connectivity index (χ4v) is 4.32. The minimum absolute atomic E-state index is 0.0778. The van der Waals surface area contributed by atoms with Crippen LogP contribution in [0.25, 0.3) is 0 Å². The number of piperidine rings is 1. The van der Waals surface area contributed by atoms with Gasteiger partial charge < -0.3 is 20.4 Å². The van der Waals surface area contributed by atoms with E-state index in [1.807, 2.05) is 10.9 Å². The van der Waals surface area contributed by atoms with Crippen molar-refractivity contribution in [3.8, 4) is 0 Å². The van der Waals surface area contributed by atoms with Crippen LogP contribution in [0.4, 0.5) is 4.79 Å². The van der Waals surface area contributed by atoms with E-state index < -0.39 is 5.60 Å².